The number of hydrogen-bond donors (Lipinski definition) is 0. The van der Waals surface area contributed by atoms with Crippen LogP contribution in [0.15, 0.2) is 48.5 Å². The van der Waals surface area contributed by atoms with E-state index in [9.17, 15) is 9.59 Å². The van der Waals surface area contributed by atoms with Gasteiger partial charge in [0.05, 0.1) is 12.2 Å². The van der Waals surface area contributed by atoms with Crippen LogP contribution in [0.2, 0.25) is 0 Å². The first-order valence-electron chi connectivity index (χ1n) is 8.74. The molecule has 1 atom stereocenters. The second kappa shape index (κ2) is 7.97. The van der Waals surface area contributed by atoms with Gasteiger partial charge in [-0.3, -0.25) is 4.79 Å². The summed E-state index contributed by atoms with van der Waals surface area (Å²) in [7, 11) is 0. The lowest BCUT2D eigenvalue weighted by molar-refractivity contribution is -0.151. The molecule has 0 saturated heterocycles. The molecule has 0 bridgehead atoms. The summed E-state index contributed by atoms with van der Waals surface area (Å²) in [6.45, 7) is 2.04. The Hall–Kier alpha value is -2.62. The first-order chi connectivity index (χ1) is 12.2. The van der Waals surface area contributed by atoms with Crippen molar-refractivity contribution >= 4 is 11.8 Å². The van der Waals surface area contributed by atoms with Crippen molar-refractivity contribution in [1.82, 2.24) is 0 Å². The zero-order chi connectivity index (χ0) is 17.6. The van der Waals surface area contributed by atoms with Crippen molar-refractivity contribution in [2.24, 2.45) is 0 Å². The molecule has 0 N–H and O–H groups in total. The van der Waals surface area contributed by atoms with Gasteiger partial charge in [-0.2, -0.15) is 0 Å². The highest BCUT2D eigenvalue weighted by atomic mass is 16.6. The molecule has 1 unspecified atom stereocenters. The van der Waals surface area contributed by atoms with Crippen LogP contribution >= 0.6 is 0 Å². The minimum atomic E-state index is -0.885. The number of ether oxygens (including phenoxy) is 2. The molecule has 4 nitrogen and oxygen atoms in total. The van der Waals surface area contributed by atoms with Crippen molar-refractivity contribution in [3.05, 3.63) is 65.2 Å². The number of Topliss-reactive ketones (excluding diaryl/α,β-unsaturated/α-hetero) is 1. The van der Waals surface area contributed by atoms with E-state index in [1.54, 1.807) is 13.0 Å². The van der Waals surface area contributed by atoms with Crippen LogP contribution in [0.3, 0.4) is 0 Å². The van der Waals surface area contributed by atoms with Crippen molar-refractivity contribution in [2.45, 2.75) is 38.7 Å². The average molecular weight is 338 g/mol. The third-order valence-electron chi connectivity index (χ3n) is 4.34. The van der Waals surface area contributed by atoms with Crippen LogP contribution < -0.4 is 4.74 Å². The van der Waals surface area contributed by atoms with Crippen molar-refractivity contribution in [2.75, 3.05) is 6.61 Å². The van der Waals surface area contributed by atoms with E-state index < -0.39 is 12.1 Å². The summed E-state index contributed by atoms with van der Waals surface area (Å²) in [4.78, 5) is 25.0. The van der Waals surface area contributed by atoms with Crippen LogP contribution in [0.4, 0.5) is 0 Å². The summed E-state index contributed by atoms with van der Waals surface area (Å²) in [5.74, 6) is 0.0949. The van der Waals surface area contributed by atoms with Crippen LogP contribution in [0.25, 0.3) is 0 Å². The number of aryl methyl sites for hydroxylation is 1. The molecule has 3 rings (SSSR count). The molecule has 4 heteroatoms. The molecule has 0 spiro atoms. The van der Waals surface area contributed by atoms with Gasteiger partial charge < -0.3 is 9.47 Å². The van der Waals surface area contributed by atoms with Crippen molar-refractivity contribution in [1.29, 1.82) is 0 Å². The maximum atomic E-state index is 12.5. The Labute approximate surface area is 147 Å². The van der Waals surface area contributed by atoms with Gasteiger partial charge in [0, 0.05) is 12.0 Å². The number of esters is 1. The second-order valence-electron chi connectivity index (χ2n) is 6.08. The molecular weight excluding hydrogens is 316 g/mol. The quantitative estimate of drug-likeness (QED) is 0.603. The third kappa shape index (κ3) is 3.90. The third-order valence-corrected chi connectivity index (χ3v) is 4.34. The molecule has 130 valence electrons. The van der Waals surface area contributed by atoms with Gasteiger partial charge in [-0.05, 0) is 37.8 Å². The fraction of sp³-hybridized carbons (Fsp3) is 0.333. The fourth-order valence-electron chi connectivity index (χ4n) is 3.15. The minimum Gasteiger partial charge on any atom is -0.473 e. The monoisotopic (exact) mass is 338 g/mol. The van der Waals surface area contributed by atoms with E-state index in [1.807, 2.05) is 42.5 Å². The van der Waals surface area contributed by atoms with E-state index in [2.05, 4.69) is 0 Å². The minimum absolute atomic E-state index is 0.0822. The Bertz CT molecular complexity index is 752. The molecule has 0 saturated carbocycles. The molecule has 1 aliphatic carbocycles. The van der Waals surface area contributed by atoms with Gasteiger partial charge in [0.2, 0.25) is 6.10 Å². The summed E-state index contributed by atoms with van der Waals surface area (Å²) in [5.41, 5.74) is 2.32. The molecule has 1 aliphatic rings. The summed E-state index contributed by atoms with van der Waals surface area (Å²) >= 11 is 0. The summed E-state index contributed by atoms with van der Waals surface area (Å²) < 4.78 is 11.2. The first-order valence-corrected chi connectivity index (χ1v) is 8.74. The zero-order valence-corrected chi connectivity index (χ0v) is 14.4. The SMILES string of the molecule is CCOC(=O)C(Oc1cccc2c1C(=O)CCCC2)c1ccccc1. The van der Waals surface area contributed by atoms with Gasteiger partial charge >= 0.3 is 5.97 Å². The number of fused-ring (bicyclic) bond motifs is 1. The first kappa shape index (κ1) is 17.2. The lowest BCUT2D eigenvalue weighted by atomic mass is 10.0. The Morgan fingerprint density at radius 2 is 1.80 bits per heavy atom. The largest absolute Gasteiger partial charge is 0.473 e. The molecule has 0 radical (unpaired) electrons. The second-order valence-corrected chi connectivity index (χ2v) is 6.08. The maximum Gasteiger partial charge on any atom is 0.352 e. The average Bonchev–Trinajstić information content (AvgIpc) is 2.82. The van der Waals surface area contributed by atoms with Crippen molar-refractivity contribution in [3.63, 3.8) is 0 Å². The van der Waals surface area contributed by atoms with Crippen molar-refractivity contribution < 1.29 is 19.1 Å². The summed E-state index contributed by atoms with van der Waals surface area (Å²) in [6, 6.07) is 14.8. The highest BCUT2D eigenvalue weighted by Crippen LogP contribution is 2.32. The number of benzene rings is 2. The standard InChI is InChI=1S/C21H22O4/c1-2-24-21(23)20(16-10-4-3-5-11-16)25-18-14-8-12-15-9-6-7-13-17(22)19(15)18/h3-5,8,10-12,14,20H,2,6-7,9,13H2,1H3. The predicted octanol–water partition coefficient (Wildman–Crippen LogP) is 4.28. The summed E-state index contributed by atoms with van der Waals surface area (Å²) in [6.07, 6.45) is 2.36. The highest BCUT2D eigenvalue weighted by Gasteiger charge is 2.27. The fourth-order valence-corrected chi connectivity index (χ4v) is 3.15. The van der Waals surface area contributed by atoms with Crippen molar-refractivity contribution in [3.8, 4) is 5.75 Å². The van der Waals surface area contributed by atoms with Crippen LogP contribution in [-0.2, 0) is 16.0 Å². The molecular formula is C21H22O4. The van der Waals surface area contributed by atoms with Gasteiger partial charge in [-0.25, -0.2) is 4.79 Å². The topological polar surface area (TPSA) is 52.6 Å². The van der Waals surface area contributed by atoms with E-state index in [0.717, 1.165) is 24.8 Å². The van der Waals surface area contributed by atoms with Gasteiger partial charge in [-0.1, -0.05) is 42.5 Å². The lowest BCUT2D eigenvalue weighted by Crippen LogP contribution is -2.22. The smallest absolute Gasteiger partial charge is 0.352 e. The number of rotatable bonds is 5. The van der Waals surface area contributed by atoms with Crippen LogP contribution in [-0.4, -0.2) is 18.4 Å². The van der Waals surface area contributed by atoms with E-state index in [1.165, 1.54) is 0 Å². The van der Waals surface area contributed by atoms with E-state index in [-0.39, 0.29) is 12.4 Å². The Morgan fingerprint density at radius 3 is 2.56 bits per heavy atom. The van der Waals surface area contributed by atoms with Gasteiger partial charge in [0.25, 0.3) is 0 Å². The number of hydrogen-bond acceptors (Lipinski definition) is 4. The molecule has 0 heterocycles. The predicted molar refractivity (Wildman–Crippen MR) is 94.8 cm³/mol. The van der Waals surface area contributed by atoms with E-state index >= 15 is 0 Å². The molecule has 0 fully saturated rings. The van der Waals surface area contributed by atoms with Crippen LogP contribution in [0, 0.1) is 0 Å². The summed E-state index contributed by atoms with van der Waals surface area (Å²) in [5, 5.41) is 0. The molecule has 2 aromatic carbocycles. The molecule has 0 aromatic heterocycles. The Morgan fingerprint density at radius 1 is 1.04 bits per heavy atom. The number of ketones is 1. The van der Waals surface area contributed by atoms with E-state index in [0.29, 0.717) is 23.3 Å². The van der Waals surface area contributed by atoms with Gasteiger partial charge in [0.15, 0.2) is 5.78 Å². The zero-order valence-electron chi connectivity index (χ0n) is 14.4. The van der Waals surface area contributed by atoms with E-state index in [4.69, 9.17) is 9.47 Å². The van der Waals surface area contributed by atoms with Gasteiger partial charge in [0.1, 0.15) is 5.75 Å². The maximum absolute atomic E-state index is 12.5. The molecule has 0 amide bonds. The van der Waals surface area contributed by atoms with Crippen LogP contribution in [0.1, 0.15) is 53.8 Å². The normalized spacial score (nSPS) is 15.0. The number of carbonyl (C=O) groups excluding carboxylic acids is 2. The molecule has 0 aliphatic heterocycles. The number of carbonyl (C=O) groups is 2. The highest BCUT2D eigenvalue weighted by molar-refractivity contribution is 6.00. The lowest BCUT2D eigenvalue weighted by Gasteiger charge is -2.20. The van der Waals surface area contributed by atoms with Gasteiger partial charge in [-0.15, -0.1) is 0 Å². The Kier molecular flexibility index (Phi) is 5.49. The molecule has 2 aromatic rings. The molecule has 25 heavy (non-hydrogen) atoms. The van der Waals surface area contributed by atoms with Crippen LogP contribution in [0.5, 0.6) is 5.75 Å². The Balaban J connectivity index is 1.98.